The summed E-state index contributed by atoms with van der Waals surface area (Å²) in [6.45, 7) is 3.54. The molecule has 0 spiro atoms. The Kier molecular flexibility index (Phi) is 3.46. The molecule has 0 atom stereocenters. The first-order valence-corrected chi connectivity index (χ1v) is 3.08. The lowest BCUT2D eigenvalue weighted by molar-refractivity contribution is -0.116. The number of rotatable bonds is 2. The van der Waals surface area contributed by atoms with Crippen LogP contribution in [-0.2, 0) is 4.79 Å². The minimum atomic E-state index is -0.370. The first kappa shape index (κ1) is 8.94. The highest BCUT2D eigenvalue weighted by Gasteiger charge is 2.12. The van der Waals surface area contributed by atoms with Gasteiger partial charge in [0.1, 0.15) is 0 Å². The van der Waals surface area contributed by atoms with Crippen molar-refractivity contribution in [3.05, 3.63) is 0 Å². The van der Waals surface area contributed by atoms with E-state index in [1.54, 1.807) is 13.8 Å². The maximum atomic E-state index is 10.8. The molecule has 10 heavy (non-hydrogen) atoms. The van der Waals surface area contributed by atoms with Crippen LogP contribution in [0.15, 0.2) is 0 Å². The molecule has 0 unspecified atom stereocenters. The molecule has 0 saturated carbocycles. The lowest BCUT2D eigenvalue weighted by atomic mass is 10.4. The van der Waals surface area contributed by atoms with Gasteiger partial charge in [-0.25, -0.2) is 4.79 Å². The maximum Gasteiger partial charge on any atom is 0.323 e. The zero-order valence-electron chi connectivity index (χ0n) is 6.42. The van der Waals surface area contributed by atoms with E-state index in [0.29, 0.717) is 6.41 Å². The minimum Gasteiger partial charge on any atom is -0.341 e. The third kappa shape index (κ3) is 2.05. The zero-order valence-corrected chi connectivity index (χ0v) is 6.42. The first-order valence-electron chi connectivity index (χ1n) is 3.08. The Morgan fingerprint density at radius 2 is 2.10 bits per heavy atom. The van der Waals surface area contributed by atoms with Crippen LogP contribution >= 0.6 is 0 Å². The number of hydrogen-bond acceptors (Lipinski definition) is 2. The molecule has 0 aliphatic carbocycles. The summed E-state index contributed by atoms with van der Waals surface area (Å²) < 4.78 is 0. The third-order valence-corrected chi connectivity index (χ3v) is 1.12. The molecule has 0 heterocycles. The van der Waals surface area contributed by atoms with E-state index in [-0.39, 0.29) is 12.1 Å². The smallest absolute Gasteiger partial charge is 0.323 e. The third-order valence-electron chi connectivity index (χ3n) is 1.12. The Morgan fingerprint density at radius 1 is 1.60 bits per heavy atom. The maximum absolute atomic E-state index is 10.8. The van der Waals surface area contributed by atoms with Gasteiger partial charge in [0, 0.05) is 13.1 Å². The van der Waals surface area contributed by atoms with Gasteiger partial charge in [-0.3, -0.25) is 9.69 Å². The fourth-order valence-corrected chi connectivity index (χ4v) is 0.533. The van der Waals surface area contributed by atoms with Gasteiger partial charge in [-0.2, -0.15) is 0 Å². The highest BCUT2D eigenvalue weighted by Crippen LogP contribution is 1.92. The lowest BCUT2D eigenvalue weighted by Crippen LogP contribution is -2.41. The summed E-state index contributed by atoms with van der Waals surface area (Å²) in [6.07, 6.45) is 0.517. The number of urea groups is 1. The van der Waals surface area contributed by atoms with Crippen molar-refractivity contribution in [2.45, 2.75) is 19.9 Å². The minimum absolute atomic E-state index is 0.0857. The van der Waals surface area contributed by atoms with Crippen molar-refractivity contribution >= 4 is 12.4 Å². The van der Waals surface area contributed by atoms with Crippen LogP contribution in [0.4, 0.5) is 4.79 Å². The van der Waals surface area contributed by atoms with Crippen LogP contribution in [0.3, 0.4) is 0 Å². The van der Waals surface area contributed by atoms with Gasteiger partial charge < -0.3 is 5.32 Å². The number of carbonyl (C=O) groups is 2. The van der Waals surface area contributed by atoms with E-state index in [0.717, 1.165) is 4.90 Å². The molecule has 0 fully saturated rings. The fourth-order valence-electron chi connectivity index (χ4n) is 0.533. The average Bonchev–Trinajstić information content (AvgIpc) is 1.88. The summed E-state index contributed by atoms with van der Waals surface area (Å²) in [5.41, 5.74) is 0. The number of carbonyl (C=O) groups excluding carboxylic acids is 2. The van der Waals surface area contributed by atoms with Crippen molar-refractivity contribution in [3.63, 3.8) is 0 Å². The highest BCUT2D eigenvalue weighted by molar-refractivity contribution is 5.84. The van der Waals surface area contributed by atoms with Gasteiger partial charge in [-0.05, 0) is 13.8 Å². The number of amides is 3. The predicted molar refractivity (Wildman–Crippen MR) is 37.5 cm³/mol. The first-order chi connectivity index (χ1) is 4.63. The van der Waals surface area contributed by atoms with Crippen molar-refractivity contribution in [2.75, 3.05) is 7.05 Å². The second kappa shape index (κ2) is 3.87. The van der Waals surface area contributed by atoms with Gasteiger partial charge in [0.15, 0.2) is 0 Å². The lowest BCUT2D eigenvalue weighted by Gasteiger charge is -2.18. The normalized spacial score (nSPS) is 9.20. The van der Waals surface area contributed by atoms with Crippen molar-refractivity contribution < 1.29 is 9.59 Å². The van der Waals surface area contributed by atoms with Gasteiger partial charge >= 0.3 is 6.03 Å². The Labute approximate surface area is 60.2 Å². The molecule has 0 aromatic rings. The molecule has 58 valence electrons. The van der Waals surface area contributed by atoms with E-state index in [2.05, 4.69) is 5.32 Å². The second-order valence-corrected chi connectivity index (χ2v) is 2.16. The molecule has 0 aromatic carbocycles. The fraction of sp³-hybridized carbons (Fsp3) is 0.667. The molecule has 4 nitrogen and oxygen atoms in total. The van der Waals surface area contributed by atoms with E-state index in [4.69, 9.17) is 0 Å². The topological polar surface area (TPSA) is 49.4 Å². The summed E-state index contributed by atoms with van der Waals surface area (Å²) in [4.78, 5) is 22.1. The molecule has 0 radical (unpaired) electrons. The van der Waals surface area contributed by atoms with Crippen molar-refractivity contribution in [3.8, 4) is 0 Å². The van der Waals surface area contributed by atoms with E-state index in [9.17, 15) is 9.59 Å². The molecule has 0 rings (SSSR count). The Bertz CT molecular complexity index is 134. The van der Waals surface area contributed by atoms with Crippen LogP contribution in [0.5, 0.6) is 0 Å². The summed E-state index contributed by atoms with van der Waals surface area (Å²) in [7, 11) is 1.49. The Morgan fingerprint density at radius 3 is 2.20 bits per heavy atom. The SMILES string of the molecule is CNC(=O)N(C=O)C(C)C. The van der Waals surface area contributed by atoms with Crippen molar-refractivity contribution in [1.29, 1.82) is 0 Å². The Hall–Kier alpha value is -1.06. The molecule has 3 amide bonds. The molecule has 1 N–H and O–H groups in total. The molecule has 0 saturated heterocycles. The molecule has 0 aromatic heterocycles. The summed E-state index contributed by atoms with van der Waals surface area (Å²) >= 11 is 0. The van der Waals surface area contributed by atoms with Crippen LogP contribution in [0.25, 0.3) is 0 Å². The van der Waals surface area contributed by atoms with Gasteiger partial charge in [0.2, 0.25) is 6.41 Å². The van der Waals surface area contributed by atoms with Crippen LogP contribution in [0.2, 0.25) is 0 Å². The van der Waals surface area contributed by atoms with Crippen LogP contribution in [0, 0.1) is 0 Å². The number of nitrogens with one attached hydrogen (secondary N) is 1. The van der Waals surface area contributed by atoms with Crippen LogP contribution < -0.4 is 5.32 Å². The average molecular weight is 144 g/mol. The second-order valence-electron chi connectivity index (χ2n) is 2.16. The van der Waals surface area contributed by atoms with Crippen LogP contribution in [-0.4, -0.2) is 30.4 Å². The summed E-state index contributed by atoms with van der Waals surface area (Å²) in [5.74, 6) is 0. The monoisotopic (exact) mass is 144 g/mol. The predicted octanol–water partition coefficient (Wildman–Crippen LogP) is 0.193. The quantitative estimate of drug-likeness (QED) is 0.562. The van der Waals surface area contributed by atoms with Crippen LogP contribution in [0.1, 0.15) is 13.8 Å². The van der Waals surface area contributed by atoms with Gasteiger partial charge in [0.25, 0.3) is 0 Å². The zero-order chi connectivity index (χ0) is 8.15. The van der Waals surface area contributed by atoms with Gasteiger partial charge in [0.05, 0.1) is 0 Å². The van der Waals surface area contributed by atoms with E-state index in [1.165, 1.54) is 7.05 Å². The van der Waals surface area contributed by atoms with Gasteiger partial charge in [-0.15, -0.1) is 0 Å². The van der Waals surface area contributed by atoms with E-state index in [1.807, 2.05) is 0 Å². The highest BCUT2D eigenvalue weighted by atomic mass is 16.2. The summed E-state index contributed by atoms with van der Waals surface area (Å²) in [6, 6.07) is -0.456. The molecule has 0 aliphatic rings. The van der Waals surface area contributed by atoms with Crippen molar-refractivity contribution in [1.82, 2.24) is 10.2 Å². The molecule has 0 aliphatic heterocycles. The summed E-state index contributed by atoms with van der Waals surface area (Å²) in [5, 5.41) is 2.35. The number of nitrogens with zero attached hydrogens (tertiary/aromatic N) is 1. The molecular formula is C6H12N2O2. The molecule has 4 heteroatoms. The van der Waals surface area contributed by atoms with Crippen molar-refractivity contribution in [2.24, 2.45) is 0 Å². The Balaban J connectivity index is 4.06. The standard InChI is InChI=1S/C6H12N2O2/c1-5(2)8(4-9)6(10)7-3/h4-5H,1-3H3,(H,7,10). The largest absolute Gasteiger partial charge is 0.341 e. The van der Waals surface area contributed by atoms with Gasteiger partial charge in [-0.1, -0.05) is 0 Å². The number of hydrogen-bond donors (Lipinski definition) is 1. The molecular weight excluding hydrogens is 132 g/mol. The van der Waals surface area contributed by atoms with E-state index < -0.39 is 0 Å². The van der Waals surface area contributed by atoms with E-state index >= 15 is 0 Å². The molecule has 0 bridgehead atoms. The number of imide groups is 1.